The number of hydrogen-bond acceptors (Lipinski definition) is 3. The number of nitrogen functional groups attached to an aromatic ring is 1. The van der Waals surface area contributed by atoms with Gasteiger partial charge in [-0.2, -0.15) is 0 Å². The number of hydrogen-bond donors (Lipinski definition) is 2. The Morgan fingerprint density at radius 2 is 1.94 bits per heavy atom. The molecule has 1 heterocycles. The minimum Gasteiger partial charge on any atom is -0.381 e. The Kier molecular flexibility index (Phi) is 3.68. The SMILES string of the molecule is Nc1nc(Nc2ccc(Cl)cc2Br)c(F)cc1F. The van der Waals surface area contributed by atoms with Crippen LogP contribution in [0.5, 0.6) is 0 Å². The zero-order valence-electron chi connectivity index (χ0n) is 8.85. The number of aromatic nitrogens is 1. The Morgan fingerprint density at radius 1 is 1.22 bits per heavy atom. The Labute approximate surface area is 115 Å². The second-order valence-corrected chi connectivity index (χ2v) is 4.73. The molecule has 0 saturated heterocycles. The van der Waals surface area contributed by atoms with E-state index in [9.17, 15) is 8.78 Å². The second-order valence-electron chi connectivity index (χ2n) is 3.44. The molecule has 0 fully saturated rings. The predicted octanol–water partition coefficient (Wildman–Crippen LogP) is 4.10. The summed E-state index contributed by atoms with van der Waals surface area (Å²) in [5.41, 5.74) is 5.82. The van der Waals surface area contributed by atoms with Gasteiger partial charge in [-0.1, -0.05) is 11.6 Å². The van der Waals surface area contributed by atoms with Gasteiger partial charge in [0.05, 0.1) is 5.69 Å². The van der Waals surface area contributed by atoms with Crippen LogP contribution in [0.25, 0.3) is 0 Å². The van der Waals surface area contributed by atoms with Crippen LogP contribution in [0.1, 0.15) is 0 Å². The maximum absolute atomic E-state index is 13.5. The molecule has 0 saturated carbocycles. The first-order valence-electron chi connectivity index (χ1n) is 4.81. The third kappa shape index (κ3) is 2.70. The monoisotopic (exact) mass is 333 g/mol. The number of anilines is 3. The van der Waals surface area contributed by atoms with Gasteiger partial charge in [-0.25, -0.2) is 13.8 Å². The topological polar surface area (TPSA) is 50.9 Å². The van der Waals surface area contributed by atoms with E-state index in [1.165, 1.54) is 0 Å². The summed E-state index contributed by atoms with van der Waals surface area (Å²) < 4.78 is 27.0. The molecule has 0 radical (unpaired) electrons. The van der Waals surface area contributed by atoms with Gasteiger partial charge in [-0.05, 0) is 34.1 Å². The molecule has 0 amide bonds. The second kappa shape index (κ2) is 5.07. The number of halogens is 4. The number of nitrogens with two attached hydrogens (primary N) is 1. The van der Waals surface area contributed by atoms with Crippen molar-refractivity contribution in [3.8, 4) is 0 Å². The van der Waals surface area contributed by atoms with Gasteiger partial charge in [0, 0.05) is 15.6 Å². The summed E-state index contributed by atoms with van der Waals surface area (Å²) in [6, 6.07) is 5.57. The molecule has 0 bridgehead atoms. The zero-order chi connectivity index (χ0) is 13.3. The van der Waals surface area contributed by atoms with E-state index in [1.807, 2.05) is 0 Å². The first-order valence-corrected chi connectivity index (χ1v) is 5.98. The molecule has 0 aliphatic rings. The Balaban J connectivity index is 2.37. The van der Waals surface area contributed by atoms with Gasteiger partial charge in [0.2, 0.25) is 0 Å². The maximum Gasteiger partial charge on any atom is 0.169 e. The molecule has 0 unspecified atom stereocenters. The Hall–Kier alpha value is -1.40. The highest BCUT2D eigenvalue weighted by Crippen LogP contribution is 2.29. The van der Waals surface area contributed by atoms with Crippen LogP contribution in [-0.4, -0.2) is 4.98 Å². The fraction of sp³-hybridized carbons (Fsp3) is 0. The van der Waals surface area contributed by atoms with Crippen molar-refractivity contribution in [3.63, 3.8) is 0 Å². The van der Waals surface area contributed by atoms with E-state index in [2.05, 4.69) is 26.2 Å². The first-order chi connectivity index (χ1) is 8.47. The molecule has 94 valence electrons. The lowest BCUT2D eigenvalue weighted by Crippen LogP contribution is -2.03. The summed E-state index contributed by atoms with van der Waals surface area (Å²) in [6.45, 7) is 0. The fourth-order valence-electron chi connectivity index (χ4n) is 1.29. The van der Waals surface area contributed by atoms with Crippen LogP contribution in [0, 0.1) is 11.6 Å². The number of nitrogens with one attached hydrogen (secondary N) is 1. The summed E-state index contributed by atoms with van der Waals surface area (Å²) in [7, 11) is 0. The van der Waals surface area contributed by atoms with Crippen molar-refractivity contribution < 1.29 is 8.78 Å². The van der Waals surface area contributed by atoms with Gasteiger partial charge in [0.25, 0.3) is 0 Å². The van der Waals surface area contributed by atoms with Gasteiger partial charge in [0.15, 0.2) is 23.3 Å². The van der Waals surface area contributed by atoms with Crippen LogP contribution in [0.15, 0.2) is 28.7 Å². The number of rotatable bonds is 2. The van der Waals surface area contributed by atoms with Crippen molar-refractivity contribution in [3.05, 3.63) is 45.4 Å². The highest BCUT2D eigenvalue weighted by Gasteiger charge is 2.11. The van der Waals surface area contributed by atoms with Crippen molar-refractivity contribution in [1.29, 1.82) is 0 Å². The smallest absolute Gasteiger partial charge is 0.169 e. The zero-order valence-corrected chi connectivity index (χ0v) is 11.2. The minimum absolute atomic E-state index is 0.156. The van der Waals surface area contributed by atoms with Crippen molar-refractivity contribution >= 4 is 44.9 Å². The van der Waals surface area contributed by atoms with Crippen molar-refractivity contribution in [2.75, 3.05) is 11.1 Å². The standard InChI is InChI=1S/C11H7BrClF2N3/c12-6-3-5(13)1-2-9(6)17-11-8(15)4-7(14)10(16)18-11/h1-4H,(H3,16,17,18). The van der Waals surface area contributed by atoms with Crippen LogP contribution in [0.4, 0.5) is 26.1 Å². The van der Waals surface area contributed by atoms with E-state index < -0.39 is 11.6 Å². The fourth-order valence-corrected chi connectivity index (χ4v) is 2.07. The molecule has 18 heavy (non-hydrogen) atoms. The highest BCUT2D eigenvalue weighted by molar-refractivity contribution is 9.10. The van der Waals surface area contributed by atoms with Crippen molar-refractivity contribution in [2.24, 2.45) is 0 Å². The average Bonchev–Trinajstić information content (AvgIpc) is 2.29. The largest absolute Gasteiger partial charge is 0.381 e. The molecular formula is C11H7BrClF2N3. The van der Waals surface area contributed by atoms with E-state index in [0.29, 0.717) is 21.2 Å². The normalized spacial score (nSPS) is 10.4. The van der Waals surface area contributed by atoms with Crippen LogP contribution < -0.4 is 11.1 Å². The molecule has 3 nitrogen and oxygen atoms in total. The van der Waals surface area contributed by atoms with Crippen LogP contribution in [-0.2, 0) is 0 Å². The van der Waals surface area contributed by atoms with Gasteiger partial charge in [0.1, 0.15) is 0 Å². The van der Waals surface area contributed by atoms with Crippen LogP contribution in [0.2, 0.25) is 5.02 Å². The maximum atomic E-state index is 13.5. The molecular weight excluding hydrogens is 327 g/mol. The van der Waals surface area contributed by atoms with Gasteiger partial charge >= 0.3 is 0 Å². The molecule has 1 aromatic heterocycles. The van der Waals surface area contributed by atoms with E-state index in [0.717, 1.165) is 0 Å². The third-order valence-corrected chi connectivity index (χ3v) is 3.03. The van der Waals surface area contributed by atoms with Crippen molar-refractivity contribution in [2.45, 2.75) is 0 Å². The summed E-state index contributed by atoms with van der Waals surface area (Å²) in [4.78, 5) is 3.59. The van der Waals surface area contributed by atoms with Gasteiger partial charge in [-0.15, -0.1) is 0 Å². The predicted molar refractivity (Wildman–Crippen MR) is 71.0 cm³/mol. The van der Waals surface area contributed by atoms with E-state index in [1.54, 1.807) is 18.2 Å². The van der Waals surface area contributed by atoms with Crippen molar-refractivity contribution in [1.82, 2.24) is 4.98 Å². The first kappa shape index (κ1) is 13.0. The van der Waals surface area contributed by atoms with E-state index in [4.69, 9.17) is 17.3 Å². The quantitative estimate of drug-likeness (QED) is 0.869. The average molecular weight is 335 g/mol. The Bertz CT molecular complexity index is 607. The highest BCUT2D eigenvalue weighted by atomic mass is 79.9. The molecule has 0 atom stereocenters. The summed E-state index contributed by atoms with van der Waals surface area (Å²) in [5, 5.41) is 3.22. The molecule has 1 aromatic carbocycles. The molecule has 3 N–H and O–H groups in total. The third-order valence-electron chi connectivity index (χ3n) is 2.14. The van der Waals surface area contributed by atoms with Gasteiger partial charge < -0.3 is 11.1 Å². The minimum atomic E-state index is -0.895. The van der Waals surface area contributed by atoms with Crippen LogP contribution >= 0.6 is 27.5 Å². The lowest BCUT2D eigenvalue weighted by atomic mass is 10.3. The van der Waals surface area contributed by atoms with E-state index >= 15 is 0 Å². The summed E-state index contributed by atoms with van der Waals surface area (Å²) in [5.74, 6) is -2.25. The lowest BCUT2D eigenvalue weighted by Gasteiger charge is -2.09. The molecule has 0 aliphatic heterocycles. The molecule has 0 aliphatic carbocycles. The number of benzene rings is 1. The van der Waals surface area contributed by atoms with Crippen LogP contribution in [0.3, 0.4) is 0 Å². The number of nitrogens with zero attached hydrogens (tertiary/aromatic N) is 1. The summed E-state index contributed by atoms with van der Waals surface area (Å²) >= 11 is 9.04. The van der Waals surface area contributed by atoms with E-state index in [-0.39, 0.29) is 11.6 Å². The molecule has 7 heteroatoms. The number of pyridine rings is 1. The van der Waals surface area contributed by atoms with Gasteiger partial charge in [-0.3, -0.25) is 0 Å². The summed E-state index contributed by atoms with van der Waals surface area (Å²) in [6.07, 6.45) is 0. The Morgan fingerprint density at radius 3 is 2.61 bits per heavy atom. The lowest BCUT2D eigenvalue weighted by molar-refractivity contribution is 0.581. The molecule has 2 rings (SSSR count). The molecule has 2 aromatic rings. The molecule has 0 spiro atoms.